The summed E-state index contributed by atoms with van der Waals surface area (Å²) in [7, 11) is 0. The topological polar surface area (TPSA) is 32.3 Å². The molecule has 0 aromatic carbocycles. The van der Waals surface area contributed by atoms with Gasteiger partial charge in [-0.3, -0.25) is 0 Å². The average Bonchev–Trinajstić information content (AvgIpc) is 2.85. The first kappa shape index (κ1) is 23.4. The van der Waals surface area contributed by atoms with Crippen LogP contribution in [0.2, 0.25) is 0 Å². The first-order valence-corrected chi connectivity index (χ1v) is 13.9. The van der Waals surface area contributed by atoms with Crippen molar-refractivity contribution in [2.75, 3.05) is 13.2 Å². The smallest absolute Gasteiger partial charge is 0.0484 e. The Morgan fingerprint density at radius 1 is 0.906 bits per heavy atom. The number of rotatable bonds is 1. The van der Waals surface area contributed by atoms with Crippen molar-refractivity contribution < 1.29 is 5.11 Å². The SMILES string of the molecule is CC1(C)NCCC[C@]2(C)[C@H]3CC=C4[C@@H]5C[C@@](C)(CO)CC[C@]5(C)CC[C@@]4(C)[C@]3(C)CC[C@@H]12. The van der Waals surface area contributed by atoms with Crippen LogP contribution >= 0.6 is 0 Å². The molecule has 2 N–H and O–H groups in total. The van der Waals surface area contributed by atoms with E-state index in [0.717, 1.165) is 11.8 Å². The van der Waals surface area contributed by atoms with Crippen LogP contribution in [0, 0.1) is 44.8 Å². The van der Waals surface area contributed by atoms with Gasteiger partial charge >= 0.3 is 0 Å². The molecule has 0 aromatic heterocycles. The molecule has 5 aliphatic rings. The Morgan fingerprint density at radius 3 is 2.34 bits per heavy atom. The second-order valence-electron chi connectivity index (χ2n) is 14.9. The van der Waals surface area contributed by atoms with Crippen LogP contribution in [0.5, 0.6) is 0 Å². The van der Waals surface area contributed by atoms with Crippen molar-refractivity contribution in [1.29, 1.82) is 0 Å². The lowest BCUT2D eigenvalue weighted by atomic mass is 9.35. The molecule has 8 atom stereocenters. The molecule has 0 unspecified atom stereocenters. The highest BCUT2D eigenvalue weighted by molar-refractivity contribution is 5.33. The van der Waals surface area contributed by atoms with E-state index in [2.05, 4.69) is 59.9 Å². The van der Waals surface area contributed by atoms with Gasteiger partial charge in [-0.05, 0) is 129 Å². The molecule has 3 saturated carbocycles. The molecule has 0 aromatic rings. The van der Waals surface area contributed by atoms with Crippen LogP contribution < -0.4 is 5.32 Å². The van der Waals surface area contributed by atoms with Gasteiger partial charge in [0.1, 0.15) is 0 Å². The third-order valence-corrected chi connectivity index (χ3v) is 12.9. The molecule has 0 radical (unpaired) electrons. The molecule has 4 fully saturated rings. The van der Waals surface area contributed by atoms with Crippen LogP contribution in [0.15, 0.2) is 11.6 Å². The number of nitrogens with one attached hydrogen (secondary N) is 1. The second kappa shape index (κ2) is 7.09. The zero-order chi connectivity index (χ0) is 23.2. The van der Waals surface area contributed by atoms with Crippen LogP contribution in [0.25, 0.3) is 0 Å². The lowest BCUT2D eigenvalue weighted by molar-refractivity contribution is -0.156. The van der Waals surface area contributed by atoms with Crippen LogP contribution in [0.1, 0.15) is 113 Å². The van der Waals surface area contributed by atoms with Crippen LogP contribution in [0.4, 0.5) is 0 Å². The Kier molecular flexibility index (Phi) is 5.19. The van der Waals surface area contributed by atoms with Gasteiger partial charge in [0.2, 0.25) is 0 Å². The van der Waals surface area contributed by atoms with Gasteiger partial charge in [-0.2, -0.15) is 0 Å². The first-order chi connectivity index (χ1) is 14.8. The lowest BCUT2D eigenvalue weighted by Crippen LogP contribution is -2.63. The Labute approximate surface area is 198 Å². The zero-order valence-corrected chi connectivity index (χ0v) is 22.2. The lowest BCUT2D eigenvalue weighted by Gasteiger charge is -2.70. The van der Waals surface area contributed by atoms with E-state index in [-0.39, 0.29) is 11.0 Å². The Morgan fingerprint density at radius 2 is 1.62 bits per heavy atom. The maximum Gasteiger partial charge on any atom is 0.0484 e. The molecule has 2 nitrogen and oxygen atoms in total. The molecule has 5 rings (SSSR count). The predicted octanol–water partition coefficient (Wildman–Crippen LogP) is 7.12. The molecule has 1 heterocycles. The molecular formula is C30H51NO. The fourth-order valence-corrected chi connectivity index (χ4v) is 10.5. The second-order valence-corrected chi connectivity index (χ2v) is 14.9. The van der Waals surface area contributed by atoms with Gasteiger partial charge in [0, 0.05) is 12.1 Å². The van der Waals surface area contributed by atoms with E-state index in [0.29, 0.717) is 34.2 Å². The standard InChI is InChI=1S/C30H51NO/c1-25(2)23-11-13-30(7)24(28(23,5)12-8-18-31-25)10-9-21-22-19-26(3,20-32)14-15-27(22,4)16-17-29(21,30)6/h9,22-24,31-32H,8,10-20H2,1-7H3/t22-,23-,24+,26-,27+,28-,29+,30+/m0/s1. The number of aliphatic hydroxyl groups is 1. The van der Waals surface area contributed by atoms with Gasteiger partial charge < -0.3 is 10.4 Å². The molecule has 0 amide bonds. The molecule has 0 spiro atoms. The average molecular weight is 442 g/mol. The summed E-state index contributed by atoms with van der Waals surface area (Å²) in [5.74, 6) is 2.23. The number of fused-ring (bicyclic) bond motifs is 7. The minimum absolute atomic E-state index is 0.113. The van der Waals surface area contributed by atoms with E-state index in [1.807, 2.05) is 5.57 Å². The highest BCUT2D eigenvalue weighted by atomic mass is 16.3. The minimum atomic E-state index is 0.113. The third kappa shape index (κ3) is 2.96. The summed E-state index contributed by atoms with van der Waals surface area (Å²) in [6.07, 6.45) is 16.0. The van der Waals surface area contributed by atoms with E-state index in [1.165, 1.54) is 70.8 Å². The zero-order valence-electron chi connectivity index (χ0n) is 22.2. The number of hydrogen-bond acceptors (Lipinski definition) is 2. The van der Waals surface area contributed by atoms with Gasteiger partial charge in [-0.15, -0.1) is 0 Å². The molecule has 32 heavy (non-hydrogen) atoms. The maximum atomic E-state index is 10.2. The molecule has 182 valence electrons. The molecular weight excluding hydrogens is 390 g/mol. The van der Waals surface area contributed by atoms with E-state index >= 15 is 0 Å². The number of aliphatic hydroxyl groups excluding tert-OH is 1. The van der Waals surface area contributed by atoms with Crippen molar-refractivity contribution >= 4 is 0 Å². The number of allylic oxidation sites excluding steroid dienone is 2. The monoisotopic (exact) mass is 441 g/mol. The van der Waals surface area contributed by atoms with Crippen molar-refractivity contribution in [3.63, 3.8) is 0 Å². The van der Waals surface area contributed by atoms with Crippen LogP contribution in [0.3, 0.4) is 0 Å². The minimum Gasteiger partial charge on any atom is -0.396 e. The van der Waals surface area contributed by atoms with Crippen molar-refractivity contribution in [3.8, 4) is 0 Å². The highest BCUT2D eigenvalue weighted by Crippen LogP contribution is 2.74. The van der Waals surface area contributed by atoms with Gasteiger partial charge in [0.25, 0.3) is 0 Å². The quantitative estimate of drug-likeness (QED) is 0.424. The van der Waals surface area contributed by atoms with Crippen molar-refractivity contribution in [1.82, 2.24) is 5.32 Å². The Bertz CT molecular complexity index is 801. The molecule has 4 aliphatic carbocycles. The summed E-state index contributed by atoms with van der Waals surface area (Å²) in [4.78, 5) is 0. The summed E-state index contributed by atoms with van der Waals surface area (Å²) in [6.45, 7) is 19.5. The molecule has 0 bridgehead atoms. The molecule has 1 aliphatic heterocycles. The third-order valence-electron chi connectivity index (χ3n) is 12.9. The van der Waals surface area contributed by atoms with Crippen molar-refractivity contribution in [2.24, 2.45) is 44.8 Å². The Balaban J connectivity index is 1.57. The maximum absolute atomic E-state index is 10.2. The fourth-order valence-electron chi connectivity index (χ4n) is 10.5. The van der Waals surface area contributed by atoms with Gasteiger partial charge in [-0.25, -0.2) is 0 Å². The van der Waals surface area contributed by atoms with E-state index in [1.54, 1.807) is 0 Å². The summed E-state index contributed by atoms with van der Waals surface area (Å²) < 4.78 is 0. The van der Waals surface area contributed by atoms with Crippen LogP contribution in [-0.4, -0.2) is 23.8 Å². The van der Waals surface area contributed by atoms with Crippen molar-refractivity contribution in [2.45, 2.75) is 118 Å². The van der Waals surface area contributed by atoms with E-state index in [9.17, 15) is 5.11 Å². The predicted molar refractivity (Wildman–Crippen MR) is 134 cm³/mol. The molecule has 2 heteroatoms. The molecule has 1 saturated heterocycles. The summed E-state index contributed by atoms with van der Waals surface area (Å²) >= 11 is 0. The summed E-state index contributed by atoms with van der Waals surface area (Å²) in [5.41, 5.74) is 3.77. The van der Waals surface area contributed by atoms with Crippen LogP contribution in [-0.2, 0) is 0 Å². The normalized spacial score (nSPS) is 54.9. The van der Waals surface area contributed by atoms with E-state index in [4.69, 9.17) is 0 Å². The largest absolute Gasteiger partial charge is 0.396 e. The summed E-state index contributed by atoms with van der Waals surface area (Å²) in [6, 6.07) is 0. The first-order valence-electron chi connectivity index (χ1n) is 13.9. The van der Waals surface area contributed by atoms with Gasteiger partial charge in [-0.1, -0.05) is 46.3 Å². The number of hydrogen-bond donors (Lipinski definition) is 2. The fraction of sp³-hybridized carbons (Fsp3) is 0.933. The van der Waals surface area contributed by atoms with Gasteiger partial charge in [0.05, 0.1) is 0 Å². The van der Waals surface area contributed by atoms with E-state index < -0.39 is 0 Å². The highest BCUT2D eigenvalue weighted by Gasteiger charge is 2.66. The van der Waals surface area contributed by atoms with Gasteiger partial charge in [0.15, 0.2) is 0 Å². The van der Waals surface area contributed by atoms with Crippen molar-refractivity contribution in [3.05, 3.63) is 11.6 Å². The summed E-state index contributed by atoms with van der Waals surface area (Å²) in [5, 5.41) is 14.2. The Hall–Kier alpha value is -0.340.